The van der Waals surface area contributed by atoms with Crippen molar-refractivity contribution in [1.82, 2.24) is 10.2 Å². The topological polar surface area (TPSA) is 44.7 Å². The average molecular weight is 296 g/mol. The summed E-state index contributed by atoms with van der Waals surface area (Å²) in [5.74, 6) is 0. The highest BCUT2D eigenvalue weighted by atomic mass is 16.5. The third kappa shape index (κ3) is 9.80. The molecule has 1 aliphatic rings. The zero-order valence-electron chi connectivity index (χ0n) is 13.9. The predicted octanol–water partition coefficient (Wildman–Crippen LogP) is 1.96. The van der Waals surface area contributed by atoms with Gasteiger partial charge in [-0.05, 0) is 33.6 Å². The molecular formula is C17H32N2O2. The van der Waals surface area contributed by atoms with Crippen molar-refractivity contribution in [3.63, 3.8) is 0 Å². The number of aliphatic hydroxyl groups is 1. The summed E-state index contributed by atoms with van der Waals surface area (Å²) in [6, 6.07) is 0. The van der Waals surface area contributed by atoms with Gasteiger partial charge in [0.25, 0.3) is 0 Å². The van der Waals surface area contributed by atoms with Crippen LogP contribution in [-0.4, -0.2) is 62.0 Å². The second-order valence-corrected chi connectivity index (χ2v) is 6.10. The molecule has 21 heavy (non-hydrogen) atoms. The van der Waals surface area contributed by atoms with Gasteiger partial charge in [0.1, 0.15) is 0 Å². The number of nitrogens with zero attached hydrogens (tertiary/aromatic N) is 1. The molecule has 1 fully saturated rings. The summed E-state index contributed by atoms with van der Waals surface area (Å²) in [6.07, 6.45) is 6.42. The zero-order chi connectivity index (χ0) is 15.5. The van der Waals surface area contributed by atoms with Crippen molar-refractivity contribution < 1.29 is 9.84 Å². The van der Waals surface area contributed by atoms with Gasteiger partial charge in [0, 0.05) is 32.7 Å². The van der Waals surface area contributed by atoms with E-state index in [1.165, 1.54) is 11.1 Å². The molecule has 1 saturated heterocycles. The Bertz CT molecular complexity index is 330. The van der Waals surface area contributed by atoms with Crippen LogP contribution in [0.4, 0.5) is 0 Å². The molecule has 0 spiro atoms. The molecule has 4 nitrogen and oxygen atoms in total. The standard InChI is InChI=1S/C17H32N2O2/c1-15(2)5-4-6-16(3)7-8-18-13-17(20)14-19-9-11-21-12-10-19/h5,7,17-18,20H,4,6,8-14H2,1-3H3/b16-7+/t17-/m1/s1. The highest BCUT2D eigenvalue weighted by Gasteiger charge is 2.14. The Balaban J connectivity index is 2.07. The van der Waals surface area contributed by atoms with E-state index in [0.717, 1.165) is 52.2 Å². The molecule has 1 aliphatic heterocycles. The summed E-state index contributed by atoms with van der Waals surface area (Å²) in [7, 11) is 0. The Hall–Kier alpha value is -0.680. The number of morpholine rings is 1. The Kier molecular flexibility index (Phi) is 9.59. The van der Waals surface area contributed by atoms with Crippen LogP contribution in [0.3, 0.4) is 0 Å². The van der Waals surface area contributed by atoms with Crippen molar-refractivity contribution in [3.8, 4) is 0 Å². The van der Waals surface area contributed by atoms with E-state index in [0.29, 0.717) is 6.54 Å². The number of hydrogen-bond acceptors (Lipinski definition) is 4. The first-order chi connectivity index (χ1) is 10.1. The second-order valence-electron chi connectivity index (χ2n) is 6.10. The van der Waals surface area contributed by atoms with Gasteiger partial charge in [-0.25, -0.2) is 0 Å². The molecule has 0 amide bonds. The van der Waals surface area contributed by atoms with Crippen molar-refractivity contribution in [2.24, 2.45) is 0 Å². The van der Waals surface area contributed by atoms with E-state index in [9.17, 15) is 5.11 Å². The van der Waals surface area contributed by atoms with E-state index in [1.54, 1.807) is 0 Å². The first-order valence-electron chi connectivity index (χ1n) is 8.06. The van der Waals surface area contributed by atoms with Crippen molar-refractivity contribution in [1.29, 1.82) is 0 Å². The number of β-amino-alcohol motifs (C(OH)–C–C–N with tert-alkyl or cyclic N) is 1. The van der Waals surface area contributed by atoms with E-state index in [4.69, 9.17) is 4.74 Å². The maximum atomic E-state index is 10.00. The van der Waals surface area contributed by atoms with E-state index >= 15 is 0 Å². The van der Waals surface area contributed by atoms with Crippen LogP contribution in [0.2, 0.25) is 0 Å². The summed E-state index contributed by atoms with van der Waals surface area (Å²) in [6.45, 7) is 12.1. The molecule has 0 aromatic rings. The van der Waals surface area contributed by atoms with Crippen LogP contribution in [-0.2, 0) is 4.74 Å². The van der Waals surface area contributed by atoms with Gasteiger partial charge >= 0.3 is 0 Å². The third-order valence-electron chi connectivity index (χ3n) is 3.64. The molecule has 2 N–H and O–H groups in total. The maximum absolute atomic E-state index is 10.00. The molecule has 122 valence electrons. The minimum absolute atomic E-state index is 0.303. The van der Waals surface area contributed by atoms with Crippen molar-refractivity contribution in [2.75, 3.05) is 45.9 Å². The Morgan fingerprint density at radius 2 is 1.95 bits per heavy atom. The smallest absolute Gasteiger partial charge is 0.0791 e. The van der Waals surface area contributed by atoms with Gasteiger partial charge in [0.15, 0.2) is 0 Å². The molecule has 0 aromatic carbocycles. The SMILES string of the molecule is CC(C)=CCC/C(C)=C/CNC[C@@H](O)CN1CCOCC1. The number of rotatable bonds is 9. The van der Waals surface area contributed by atoms with Gasteiger partial charge in [0.2, 0.25) is 0 Å². The normalized spacial score (nSPS) is 18.6. The van der Waals surface area contributed by atoms with Crippen LogP contribution < -0.4 is 5.32 Å². The minimum atomic E-state index is -0.303. The Labute approximate surface area is 129 Å². The number of ether oxygens (including phenoxy) is 1. The largest absolute Gasteiger partial charge is 0.390 e. The van der Waals surface area contributed by atoms with Gasteiger partial charge in [-0.15, -0.1) is 0 Å². The summed E-state index contributed by atoms with van der Waals surface area (Å²) in [4.78, 5) is 2.26. The summed E-state index contributed by atoms with van der Waals surface area (Å²) >= 11 is 0. The fourth-order valence-electron chi connectivity index (χ4n) is 2.33. The highest BCUT2D eigenvalue weighted by Crippen LogP contribution is 2.05. The lowest BCUT2D eigenvalue weighted by molar-refractivity contribution is 0.0151. The quantitative estimate of drug-likeness (QED) is 0.504. The molecule has 0 radical (unpaired) electrons. The lowest BCUT2D eigenvalue weighted by Crippen LogP contribution is -2.43. The number of aliphatic hydroxyl groups excluding tert-OH is 1. The lowest BCUT2D eigenvalue weighted by Gasteiger charge is -2.28. The van der Waals surface area contributed by atoms with E-state index in [2.05, 4.69) is 43.1 Å². The van der Waals surface area contributed by atoms with E-state index in [-0.39, 0.29) is 6.10 Å². The Morgan fingerprint density at radius 3 is 2.62 bits per heavy atom. The molecule has 0 aliphatic carbocycles. The lowest BCUT2D eigenvalue weighted by atomic mass is 10.1. The van der Waals surface area contributed by atoms with Crippen LogP contribution in [0.25, 0.3) is 0 Å². The fraction of sp³-hybridized carbons (Fsp3) is 0.765. The molecular weight excluding hydrogens is 264 g/mol. The molecule has 1 heterocycles. The third-order valence-corrected chi connectivity index (χ3v) is 3.64. The summed E-state index contributed by atoms with van der Waals surface area (Å²) < 4.78 is 5.30. The molecule has 0 saturated carbocycles. The first-order valence-corrected chi connectivity index (χ1v) is 8.06. The highest BCUT2D eigenvalue weighted by molar-refractivity contribution is 5.02. The fourth-order valence-corrected chi connectivity index (χ4v) is 2.33. The van der Waals surface area contributed by atoms with Crippen LogP contribution in [0.1, 0.15) is 33.6 Å². The first kappa shape index (κ1) is 18.4. The van der Waals surface area contributed by atoms with E-state index < -0.39 is 0 Å². The van der Waals surface area contributed by atoms with Gasteiger partial charge < -0.3 is 15.2 Å². The van der Waals surface area contributed by atoms with Gasteiger partial charge in [-0.1, -0.05) is 23.3 Å². The number of nitrogens with one attached hydrogen (secondary N) is 1. The van der Waals surface area contributed by atoms with Crippen molar-refractivity contribution >= 4 is 0 Å². The average Bonchev–Trinajstić information content (AvgIpc) is 2.44. The van der Waals surface area contributed by atoms with Gasteiger partial charge in [0.05, 0.1) is 19.3 Å². The molecule has 1 rings (SSSR count). The number of hydrogen-bond donors (Lipinski definition) is 2. The summed E-state index contributed by atoms with van der Waals surface area (Å²) in [5.41, 5.74) is 2.79. The van der Waals surface area contributed by atoms with Gasteiger partial charge in [-0.3, -0.25) is 4.90 Å². The van der Waals surface area contributed by atoms with Crippen molar-refractivity contribution in [3.05, 3.63) is 23.3 Å². The number of allylic oxidation sites excluding steroid dienone is 3. The minimum Gasteiger partial charge on any atom is -0.390 e. The van der Waals surface area contributed by atoms with Gasteiger partial charge in [-0.2, -0.15) is 0 Å². The van der Waals surface area contributed by atoms with Crippen LogP contribution in [0.5, 0.6) is 0 Å². The molecule has 1 atom stereocenters. The predicted molar refractivity (Wildman–Crippen MR) is 88.6 cm³/mol. The molecule has 4 heteroatoms. The maximum Gasteiger partial charge on any atom is 0.0791 e. The molecule has 0 unspecified atom stereocenters. The summed E-state index contributed by atoms with van der Waals surface area (Å²) in [5, 5.41) is 13.3. The van der Waals surface area contributed by atoms with Crippen LogP contribution in [0, 0.1) is 0 Å². The molecule has 0 bridgehead atoms. The zero-order valence-corrected chi connectivity index (χ0v) is 13.9. The van der Waals surface area contributed by atoms with E-state index in [1.807, 2.05) is 0 Å². The van der Waals surface area contributed by atoms with Crippen LogP contribution >= 0.6 is 0 Å². The van der Waals surface area contributed by atoms with Crippen molar-refractivity contribution in [2.45, 2.75) is 39.7 Å². The van der Waals surface area contributed by atoms with Crippen LogP contribution in [0.15, 0.2) is 23.3 Å². The molecule has 0 aromatic heterocycles. The second kappa shape index (κ2) is 11.0. The monoisotopic (exact) mass is 296 g/mol. The Morgan fingerprint density at radius 1 is 1.24 bits per heavy atom.